The van der Waals surface area contributed by atoms with Crippen LogP contribution in [0.1, 0.15) is 136 Å². The molecule has 0 bridgehead atoms. The topological polar surface area (TPSA) is 177 Å². The van der Waals surface area contributed by atoms with Crippen molar-refractivity contribution in [1.29, 1.82) is 0 Å². The number of carbonyl (C=O) groups excluding carboxylic acids is 2. The largest absolute Gasteiger partial charge is 0.356 e. The van der Waals surface area contributed by atoms with E-state index in [1.54, 1.807) is 30.5 Å². The number of amides is 2. The molecule has 2 N–H and O–H groups in total. The van der Waals surface area contributed by atoms with Crippen molar-refractivity contribution in [1.82, 2.24) is 58.6 Å². The van der Waals surface area contributed by atoms with Gasteiger partial charge in [0.05, 0.1) is 23.5 Å². The van der Waals surface area contributed by atoms with Crippen LogP contribution >= 0.6 is 0 Å². The molecule has 0 aliphatic carbocycles. The molecule has 10 heterocycles. The van der Waals surface area contributed by atoms with Gasteiger partial charge in [-0.05, 0) is 128 Å². The third-order valence-corrected chi connectivity index (χ3v) is 14.2. The molecular weight excluding hydrogens is 862 g/mol. The molecule has 0 spiro atoms. The van der Waals surface area contributed by atoms with Crippen LogP contribution < -0.4 is 15.5 Å². The quantitative estimate of drug-likeness (QED) is 0.181. The molecule has 4 aliphatic heterocycles. The highest BCUT2D eigenvalue weighted by Crippen LogP contribution is 2.35. The normalized spacial score (nSPS) is 21.1. The minimum atomic E-state index is -0.252. The Labute approximate surface area is 395 Å². The summed E-state index contributed by atoms with van der Waals surface area (Å²) in [6, 6.07) is 9.20. The molecule has 2 amide bonds. The van der Waals surface area contributed by atoms with Gasteiger partial charge < -0.3 is 25.3 Å². The van der Waals surface area contributed by atoms with Crippen molar-refractivity contribution in [2.24, 2.45) is 11.7 Å². The van der Waals surface area contributed by atoms with Gasteiger partial charge in [-0.15, -0.1) is 5.10 Å². The van der Waals surface area contributed by atoms with Crippen LogP contribution in [0.4, 0.5) is 16.0 Å². The summed E-state index contributed by atoms with van der Waals surface area (Å²) < 4.78 is 19.4. The Morgan fingerprint density at radius 2 is 1.18 bits per heavy atom. The number of nitrogens with zero attached hydrogens (tertiary/aromatic N) is 14. The first-order chi connectivity index (χ1) is 32.7. The Balaban J connectivity index is 0.000000159. The smallest absolute Gasteiger partial charge is 0.294 e. The van der Waals surface area contributed by atoms with Crippen molar-refractivity contribution in [2.45, 2.75) is 118 Å². The first-order valence-electron chi connectivity index (χ1n) is 24.3. The van der Waals surface area contributed by atoms with E-state index >= 15 is 0 Å². The van der Waals surface area contributed by atoms with Gasteiger partial charge >= 0.3 is 0 Å². The van der Waals surface area contributed by atoms with Gasteiger partial charge in [0.2, 0.25) is 5.82 Å². The Hall–Kier alpha value is -6.56. The lowest BCUT2D eigenvalue weighted by molar-refractivity contribution is 0.0590. The highest BCUT2D eigenvalue weighted by atomic mass is 19.1. The second-order valence-corrected chi connectivity index (χ2v) is 19.7. The molecule has 18 heteroatoms. The summed E-state index contributed by atoms with van der Waals surface area (Å²) in [4.78, 5) is 54.2. The number of benzene rings is 1. The zero-order valence-electron chi connectivity index (χ0n) is 40.3. The highest BCUT2D eigenvalue weighted by molar-refractivity contribution is 5.95. The Bertz CT molecular complexity index is 3040. The van der Waals surface area contributed by atoms with Crippen molar-refractivity contribution < 1.29 is 14.0 Å². The summed E-state index contributed by atoms with van der Waals surface area (Å²) in [5.74, 6) is 2.82. The monoisotopic (exact) mass is 924 g/mol. The van der Waals surface area contributed by atoms with E-state index in [1.807, 2.05) is 64.0 Å². The van der Waals surface area contributed by atoms with E-state index in [0.29, 0.717) is 41.5 Å². The molecule has 4 atom stereocenters. The summed E-state index contributed by atoms with van der Waals surface area (Å²) >= 11 is 0. The number of halogens is 1. The first-order valence-corrected chi connectivity index (χ1v) is 24.3. The maximum atomic E-state index is 14.1. The van der Waals surface area contributed by atoms with E-state index in [9.17, 15) is 14.0 Å². The summed E-state index contributed by atoms with van der Waals surface area (Å²) in [5.41, 5.74) is 14.9. The fraction of sp³-hybridized carbons (Fsp3) is 0.500. The van der Waals surface area contributed by atoms with Crippen LogP contribution in [0.5, 0.6) is 0 Å². The molecule has 356 valence electrons. The van der Waals surface area contributed by atoms with Crippen LogP contribution in [0.2, 0.25) is 0 Å². The van der Waals surface area contributed by atoms with Crippen molar-refractivity contribution in [2.75, 3.05) is 49.1 Å². The fourth-order valence-corrected chi connectivity index (χ4v) is 10.7. The fourth-order valence-electron chi connectivity index (χ4n) is 10.7. The minimum Gasteiger partial charge on any atom is -0.356 e. The molecule has 6 aromatic heterocycles. The van der Waals surface area contributed by atoms with Crippen LogP contribution in [0.3, 0.4) is 0 Å². The van der Waals surface area contributed by atoms with E-state index in [0.717, 1.165) is 128 Å². The van der Waals surface area contributed by atoms with Crippen LogP contribution in [-0.4, -0.2) is 116 Å². The van der Waals surface area contributed by atoms with Gasteiger partial charge in [0.25, 0.3) is 17.6 Å². The summed E-state index contributed by atoms with van der Waals surface area (Å²) in [5, 5.41) is 14.2. The second-order valence-electron chi connectivity index (χ2n) is 19.7. The van der Waals surface area contributed by atoms with Crippen LogP contribution in [0, 0.1) is 53.3 Å². The van der Waals surface area contributed by atoms with Crippen molar-refractivity contribution in [3.63, 3.8) is 0 Å². The van der Waals surface area contributed by atoms with E-state index in [2.05, 4.69) is 44.9 Å². The molecule has 4 saturated heterocycles. The summed E-state index contributed by atoms with van der Waals surface area (Å²) in [7, 11) is 0. The predicted octanol–water partition coefficient (Wildman–Crippen LogP) is 7.00. The number of nitrogens with two attached hydrogens (primary N) is 1. The first kappa shape index (κ1) is 45.2. The highest BCUT2D eigenvalue weighted by Gasteiger charge is 2.35. The zero-order valence-corrected chi connectivity index (χ0v) is 40.3. The molecular formula is C50H62FN15O2. The molecule has 0 unspecified atom stereocenters. The van der Waals surface area contributed by atoms with E-state index in [-0.39, 0.29) is 41.6 Å². The van der Waals surface area contributed by atoms with Crippen molar-refractivity contribution in [3.05, 3.63) is 105 Å². The maximum absolute atomic E-state index is 14.1. The molecule has 68 heavy (non-hydrogen) atoms. The van der Waals surface area contributed by atoms with E-state index in [4.69, 9.17) is 25.9 Å². The van der Waals surface area contributed by atoms with Crippen LogP contribution in [-0.2, 0) is 0 Å². The summed E-state index contributed by atoms with van der Waals surface area (Å²) in [6.07, 6.45) is 11.9. The van der Waals surface area contributed by atoms with Crippen molar-refractivity contribution in [3.8, 4) is 0 Å². The minimum absolute atomic E-state index is 0.0705. The molecule has 4 aliphatic rings. The number of anilines is 2. The number of likely N-dealkylation sites (tertiary alicyclic amines) is 2. The lowest BCUT2D eigenvalue weighted by Crippen LogP contribution is -2.39. The van der Waals surface area contributed by atoms with E-state index in [1.165, 1.54) is 6.42 Å². The third kappa shape index (κ3) is 8.62. The standard InChI is InChI=1S/C25H31FN6O.C25H31N9O/c1-15-10-18(11-16(2)23(15)26)25(33)31-8-5-4-6-21(31)20-12-22-28-24(17(3)13-32(22)29-20)30-9-7-19(27)14-30;1-15-8-10-31(13-15)23-16(2)14-33-21(27-23)12-19(29-33)20-7-5-6-9-32(20)24(35)22-28-25-26-17(3)11-18(4)34(25)30-22/h10-13,19,21H,4-9,14,27H2,1-3H3;11-12,14-15,20H,5-10,13H2,1-4H3/t19-,21-;15-,20-/m00/s1. The Morgan fingerprint density at radius 1 is 0.618 bits per heavy atom. The van der Waals surface area contributed by atoms with Gasteiger partial charge in [-0.1, -0.05) is 6.92 Å². The number of carbonyl (C=O) groups is 2. The number of aryl methyl sites for hydroxylation is 6. The van der Waals surface area contributed by atoms with Gasteiger partial charge in [0.1, 0.15) is 17.5 Å². The molecule has 17 nitrogen and oxygen atoms in total. The molecule has 4 fully saturated rings. The molecule has 0 radical (unpaired) electrons. The lowest BCUT2D eigenvalue weighted by Gasteiger charge is -2.35. The van der Waals surface area contributed by atoms with Gasteiger partial charge in [0.15, 0.2) is 11.3 Å². The number of fused-ring (bicyclic) bond motifs is 3. The number of rotatable bonds is 6. The van der Waals surface area contributed by atoms with Gasteiger partial charge in [-0.2, -0.15) is 15.2 Å². The predicted molar refractivity (Wildman–Crippen MR) is 258 cm³/mol. The number of hydrogen-bond donors (Lipinski definition) is 1. The SMILES string of the molecule is Cc1cc(C)n2nc(C(=O)N3CCCC[C@H]3c3cc4nc(N5CC[C@H](C)C5)c(C)cn4n3)nc2n1.Cc1cn2nc([C@@H]3CCCCN3C(=O)c3cc(C)c(F)c(C)c3)cc2nc1N1CC[C@H](N)C1. The third-order valence-electron chi connectivity index (χ3n) is 14.2. The van der Waals surface area contributed by atoms with Crippen molar-refractivity contribution >= 4 is 40.5 Å². The number of aromatic nitrogens is 10. The molecule has 7 aromatic rings. The zero-order chi connectivity index (χ0) is 47.5. The van der Waals surface area contributed by atoms with Gasteiger partial charge in [0, 0.05) is 97.9 Å². The molecule has 11 rings (SSSR count). The van der Waals surface area contributed by atoms with Gasteiger partial charge in [-0.25, -0.2) is 32.9 Å². The Kier molecular flexibility index (Phi) is 12.1. The molecule has 1 aromatic carbocycles. The average Bonchev–Trinajstić information content (AvgIpc) is 4.18. The number of piperidine rings is 2. The maximum Gasteiger partial charge on any atom is 0.294 e. The summed E-state index contributed by atoms with van der Waals surface area (Å²) in [6.45, 7) is 18.8. The average molecular weight is 924 g/mol. The van der Waals surface area contributed by atoms with Crippen LogP contribution in [0.15, 0.2) is 42.7 Å². The number of hydrogen-bond acceptors (Lipinski definition) is 12. The van der Waals surface area contributed by atoms with E-state index < -0.39 is 0 Å². The Morgan fingerprint density at radius 3 is 1.72 bits per heavy atom. The van der Waals surface area contributed by atoms with Crippen LogP contribution in [0.25, 0.3) is 17.1 Å². The molecule has 0 saturated carbocycles. The lowest BCUT2D eigenvalue weighted by atomic mass is 9.97. The second kappa shape index (κ2) is 18.2. The van der Waals surface area contributed by atoms with Gasteiger partial charge in [-0.3, -0.25) is 9.59 Å².